The van der Waals surface area contributed by atoms with Crippen molar-refractivity contribution in [1.82, 2.24) is 9.91 Å². The largest absolute Gasteiger partial charge is 0.497 e. The van der Waals surface area contributed by atoms with Gasteiger partial charge in [0.15, 0.2) is 0 Å². The van der Waals surface area contributed by atoms with Gasteiger partial charge < -0.3 is 9.47 Å². The third-order valence-electron chi connectivity index (χ3n) is 7.20. The zero-order chi connectivity index (χ0) is 22.3. The molecule has 168 valence electrons. The van der Waals surface area contributed by atoms with Crippen molar-refractivity contribution in [3.63, 3.8) is 0 Å². The van der Waals surface area contributed by atoms with Gasteiger partial charge in [0.25, 0.3) is 0 Å². The SMILES string of the molecule is COc1cccc(C2=NN3[C@H](C2)c2ccccc2OC32CCN(Cc3ccccc3)CC2)c1. The van der Waals surface area contributed by atoms with Crippen LogP contribution < -0.4 is 9.47 Å². The van der Waals surface area contributed by atoms with Crippen LogP contribution in [0.1, 0.15) is 42.0 Å². The monoisotopic (exact) mass is 439 g/mol. The number of hydrazone groups is 1. The Hall–Kier alpha value is -3.31. The third-order valence-corrected chi connectivity index (χ3v) is 7.20. The van der Waals surface area contributed by atoms with E-state index in [4.69, 9.17) is 14.6 Å². The van der Waals surface area contributed by atoms with Gasteiger partial charge in [-0.15, -0.1) is 0 Å². The normalized spacial score (nSPS) is 21.2. The molecule has 5 nitrogen and oxygen atoms in total. The molecule has 0 N–H and O–H groups in total. The van der Waals surface area contributed by atoms with Crippen molar-refractivity contribution >= 4 is 5.71 Å². The molecule has 1 fully saturated rings. The summed E-state index contributed by atoms with van der Waals surface area (Å²) < 4.78 is 12.2. The highest BCUT2D eigenvalue weighted by Crippen LogP contribution is 2.50. The fourth-order valence-electron chi connectivity index (χ4n) is 5.44. The van der Waals surface area contributed by atoms with Crippen molar-refractivity contribution in [1.29, 1.82) is 0 Å². The first-order valence-corrected chi connectivity index (χ1v) is 11.8. The fraction of sp³-hybridized carbons (Fsp3) is 0.321. The number of methoxy groups -OCH3 is 1. The number of benzene rings is 3. The molecule has 0 bridgehead atoms. The molecule has 6 rings (SSSR count). The highest BCUT2D eigenvalue weighted by molar-refractivity contribution is 6.02. The van der Waals surface area contributed by atoms with E-state index in [9.17, 15) is 0 Å². The molecular weight excluding hydrogens is 410 g/mol. The smallest absolute Gasteiger partial charge is 0.200 e. The molecule has 3 heterocycles. The van der Waals surface area contributed by atoms with Gasteiger partial charge in [-0.2, -0.15) is 5.10 Å². The van der Waals surface area contributed by atoms with Gasteiger partial charge >= 0.3 is 0 Å². The second-order valence-corrected chi connectivity index (χ2v) is 9.19. The van der Waals surface area contributed by atoms with E-state index in [-0.39, 0.29) is 6.04 Å². The average molecular weight is 440 g/mol. The van der Waals surface area contributed by atoms with E-state index in [0.717, 1.165) is 61.7 Å². The first-order chi connectivity index (χ1) is 16.2. The zero-order valence-corrected chi connectivity index (χ0v) is 19.0. The highest BCUT2D eigenvalue weighted by atomic mass is 16.5. The van der Waals surface area contributed by atoms with Gasteiger partial charge in [0.1, 0.15) is 11.5 Å². The lowest BCUT2D eigenvalue weighted by Gasteiger charge is -2.51. The lowest BCUT2D eigenvalue weighted by atomic mass is 9.90. The minimum absolute atomic E-state index is 0.205. The van der Waals surface area contributed by atoms with Crippen LogP contribution in [0.2, 0.25) is 0 Å². The van der Waals surface area contributed by atoms with Crippen LogP contribution in [0.15, 0.2) is 84.0 Å². The van der Waals surface area contributed by atoms with E-state index in [2.05, 4.69) is 76.6 Å². The minimum Gasteiger partial charge on any atom is -0.497 e. The summed E-state index contributed by atoms with van der Waals surface area (Å²) in [5.74, 6) is 1.87. The van der Waals surface area contributed by atoms with Gasteiger partial charge in [-0.3, -0.25) is 4.90 Å². The summed E-state index contributed by atoms with van der Waals surface area (Å²) in [6.45, 7) is 2.96. The van der Waals surface area contributed by atoms with Crippen molar-refractivity contribution < 1.29 is 9.47 Å². The van der Waals surface area contributed by atoms with Crippen molar-refractivity contribution in [2.75, 3.05) is 20.2 Å². The van der Waals surface area contributed by atoms with E-state index in [1.807, 2.05) is 12.1 Å². The molecule has 0 saturated carbocycles. The molecule has 3 aliphatic heterocycles. The Morgan fingerprint density at radius 2 is 1.76 bits per heavy atom. The van der Waals surface area contributed by atoms with Crippen LogP contribution in [0, 0.1) is 0 Å². The summed E-state index contributed by atoms with van der Waals surface area (Å²) in [6.07, 6.45) is 2.74. The number of hydrogen-bond donors (Lipinski definition) is 0. The van der Waals surface area contributed by atoms with Crippen LogP contribution in [-0.2, 0) is 6.54 Å². The summed E-state index contributed by atoms with van der Waals surface area (Å²) in [7, 11) is 1.71. The predicted octanol–water partition coefficient (Wildman–Crippen LogP) is 5.23. The number of likely N-dealkylation sites (tertiary alicyclic amines) is 1. The van der Waals surface area contributed by atoms with Crippen LogP contribution in [-0.4, -0.2) is 41.5 Å². The Kier molecular flexibility index (Phi) is 5.07. The molecule has 5 heteroatoms. The standard InChI is InChI=1S/C28H29N3O2/c1-32-23-11-7-10-22(18-23)25-19-26-24-12-5-6-13-27(24)33-28(31(26)29-25)14-16-30(17-15-28)20-21-8-3-2-4-9-21/h2-13,18,26H,14-17,19-20H2,1H3/t26-/m1/s1. The van der Waals surface area contributed by atoms with Gasteiger partial charge in [0.2, 0.25) is 5.72 Å². The molecule has 1 spiro atoms. The first-order valence-electron chi connectivity index (χ1n) is 11.8. The van der Waals surface area contributed by atoms with E-state index in [0.29, 0.717) is 0 Å². The molecule has 0 aromatic heterocycles. The number of para-hydroxylation sites is 1. The molecule has 0 amide bonds. The molecule has 0 aliphatic carbocycles. The summed E-state index contributed by atoms with van der Waals surface area (Å²) >= 11 is 0. The molecular formula is C28H29N3O2. The summed E-state index contributed by atoms with van der Waals surface area (Å²) in [4.78, 5) is 2.53. The van der Waals surface area contributed by atoms with Crippen molar-refractivity contribution in [2.45, 2.75) is 37.6 Å². The van der Waals surface area contributed by atoms with Crippen LogP contribution in [0.5, 0.6) is 11.5 Å². The van der Waals surface area contributed by atoms with Gasteiger partial charge in [0, 0.05) is 50.0 Å². The average Bonchev–Trinajstić information content (AvgIpc) is 3.33. The van der Waals surface area contributed by atoms with E-state index in [1.165, 1.54) is 11.1 Å². The molecule has 3 aliphatic rings. The van der Waals surface area contributed by atoms with Crippen LogP contribution >= 0.6 is 0 Å². The zero-order valence-electron chi connectivity index (χ0n) is 19.0. The maximum absolute atomic E-state index is 6.77. The predicted molar refractivity (Wildman–Crippen MR) is 129 cm³/mol. The maximum atomic E-state index is 6.77. The minimum atomic E-state index is -0.396. The fourth-order valence-corrected chi connectivity index (χ4v) is 5.44. The topological polar surface area (TPSA) is 37.3 Å². The Bertz CT molecular complexity index is 1170. The van der Waals surface area contributed by atoms with Gasteiger partial charge in [-0.05, 0) is 23.8 Å². The molecule has 33 heavy (non-hydrogen) atoms. The van der Waals surface area contributed by atoms with Crippen molar-refractivity contribution in [3.05, 3.63) is 95.6 Å². The molecule has 1 atom stereocenters. The molecule has 0 unspecified atom stereocenters. The number of nitrogens with zero attached hydrogens (tertiary/aromatic N) is 3. The van der Waals surface area contributed by atoms with Gasteiger partial charge in [0.05, 0.1) is 18.9 Å². The molecule has 3 aromatic carbocycles. The van der Waals surface area contributed by atoms with Gasteiger partial charge in [-0.25, -0.2) is 5.01 Å². The van der Waals surface area contributed by atoms with Crippen LogP contribution in [0.3, 0.4) is 0 Å². The summed E-state index contributed by atoms with van der Waals surface area (Å²) in [5.41, 5.74) is 4.42. The van der Waals surface area contributed by atoms with Gasteiger partial charge in [-0.1, -0.05) is 60.7 Å². The van der Waals surface area contributed by atoms with Crippen LogP contribution in [0.25, 0.3) is 0 Å². The van der Waals surface area contributed by atoms with Crippen LogP contribution in [0.4, 0.5) is 0 Å². The Morgan fingerprint density at radius 1 is 0.970 bits per heavy atom. The third kappa shape index (κ3) is 3.66. The number of piperidine rings is 1. The summed E-state index contributed by atoms with van der Waals surface area (Å²) in [5, 5.41) is 7.47. The molecule has 3 aromatic rings. The Morgan fingerprint density at radius 3 is 2.58 bits per heavy atom. The number of hydrogen-bond acceptors (Lipinski definition) is 5. The molecule has 0 radical (unpaired) electrons. The van der Waals surface area contributed by atoms with E-state index < -0.39 is 5.72 Å². The number of ether oxygens (including phenoxy) is 2. The van der Waals surface area contributed by atoms with E-state index >= 15 is 0 Å². The maximum Gasteiger partial charge on any atom is 0.200 e. The quantitative estimate of drug-likeness (QED) is 0.558. The lowest BCUT2D eigenvalue weighted by Crippen LogP contribution is -2.59. The first kappa shape index (κ1) is 20.3. The second kappa shape index (κ2) is 8.23. The Balaban J connectivity index is 1.30. The van der Waals surface area contributed by atoms with Crippen molar-refractivity contribution in [3.8, 4) is 11.5 Å². The van der Waals surface area contributed by atoms with Crippen molar-refractivity contribution in [2.24, 2.45) is 5.10 Å². The summed E-state index contributed by atoms with van der Waals surface area (Å²) in [6, 6.07) is 27.6. The second-order valence-electron chi connectivity index (χ2n) is 9.19. The lowest BCUT2D eigenvalue weighted by molar-refractivity contribution is -0.150. The number of rotatable bonds is 4. The highest BCUT2D eigenvalue weighted by Gasteiger charge is 2.51. The molecule has 1 saturated heterocycles. The Labute approximate surface area is 195 Å². The van der Waals surface area contributed by atoms with E-state index in [1.54, 1.807) is 7.11 Å². The number of fused-ring (bicyclic) bond motifs is 4.